The molecule has 0 spiro atoms. The van der Waals surface area contributed by atoms with Gasteiger partial charge in [0.15, 0.2) is 6.29 Å². The molecule has 0 aromatic rings. The van der Waals surface area contributed by atoms with E-state index in [2.05, 4.69) is 0 Å². The first-order valence-corrected chi connectivity index (χ1v) is 10.5. The van der Waals surface area contributed by atoms with Gasteiger partial charge in [0.25, 0.3) is 0 Å². The van der Waals surface area contributed by atoms with Crippen LogP contribution in [0.5, 0.6) is 0 Å². The maximum absolute atomic E-state index is 12.7. The quantitative estimate of drug-likeness (QED) is 0.616. The third-order valence-corrected chi connectivity index (χ3v) is 4.44. The van der Waals surface area contributed by atoms with Crippen molar-refractivity contribution in [1.82, 2.24) is 4.90 Å². The van der Waals surface area contributed by atoms with E-state index in [1.54, 1.807) is 25.7 Å². The summed E-state index contributed by atoms with van der Waals surface area (Å²) in [7, 11) is 0. The monoisotopic (exact) mass is 415 g/mol. The van der Waals surface area contributed by atoms with Crippen LogP contribution in [0.4, 0.5) is 4.79 Å². The molecule has 1 unspecified atom stereocenters. The predicted molar refractivity (Wildman–Crippen MR) is 106 cm³/mol. The molecule has 2 aliphatic heterocycles. The smallest absolute Gasteiger partial charge is 0.410 e. The van der Waals surface area contributed by atoms with Gasteiger partial charge in [0.2, 0.25) is 0 Å². The minimum Gasteiger partial charge on any atom is -0.458 e. The lowest BCUT2D eigenvalue weighted by molar-refractivity contribution is -0.185. The predicted octanol–water partition coefficient (Wildman–Crippen LogP) is 3.27. The first-order valence-electron chi connectivity index (χ1n) is 10.5. The van der Waals surface area contributed by atoms with E-state index in [4.69, 9.17) is 23.7 Å². The van der Waals surface area contributed by atoms with Crippen molar-refractivity contribution in [1.29, 1.82) is 0 Å². The highest BCUT2D eigenvalue weighted by molar-refractivity contribution is 5.71. The Labute approximate surface area is 174 Å². The lowest BCUT2D eigenvalue weighted by Crippen LogP contribution is -2.42. The topological polar surface area (TPSA) is 83.5 Å². The van der Waals surface area contributed by atoms with Crippen LogP contribution in [0.15, 0.2) is 0 Å². The molecule has 3 atom stereocenters. The third kappa shape index (κ3) is 8.88. The minimum atomic E-state index is -0.593. The zero-order valence-electron chi connectivity index (χ0n) is 18.7. The number of rotatable bonds is 6. The molecule has 2 saturated heterocycles. The first-order chi connectivity index (χ1) is 13.4. The summed E-state index contributed by atoms with van der Waals surface area (Å²) in [5, 5.41) is 0. The number of hydrogen-bond donors (Lipinski definition) is 0. The summed E-state index contributed by atoms with van der Waals surface area (Å²) in [6.07, 6.45) is 2.82. The molecule has 8 nitrogen and oxygen atoms in total. The van der Waals surface area contributed by atoms with Crippen LogP contribution < -0.4 is 0 Å². The van der Waals surface area contributed by atoms with Gasteiger partial charge >= 0.3 is 12.1 Å². The molecule has 29 heavy (non-hydrogen) atoms. The van der Waals surface area contributed by atoms with Gasteiger partial charge in [-0.25, -0.2) is 9.59 Å². The fraction of sp³-hybridized carbons (Fsp3) is 0.905. The molecular weight excluding hydrogens is 378 g/mol. The average Bonchev–Trinajstić information content (AvgIpc) is 2.95. The fourth-order valence-corrected chi connectivity index (χ4v) is 3.36. The molecule has 1 amide bonds. The van der Waals surface area contributed by atoms with E-state index in [9.17, 15) is 9.59 Å². The Kier molecular flexibility index (Phi) is 8.31. The number of likely N-dealkylation sites (tertiary alicyclic amines) is 1. The Bertz CT molecular complexity index is 546. The number of carbonyl (C=O) groups is 2. The molecule has 0 bridgehead atoms. The molecule has 8 heteroatoms. The maximum atomic E-state index is 12.7. The number of esters is 1. The summed E-state index contributed by atoms with van der Waals surface area (Å²) >= 11 is 0. The van der Waals surface area contributed by atoms with Gasteiger partial charge in [-0.05, 0) is 67.2 Å². The second-order valence-electron chi connectivity index (χ2n) is 9.68. The summed E-state index contributed by atoms with van der Waals surface area (Å²) in [4.78, 5) is 26.2. The van der Waals surface area contributed by atoms with Gasteiger partial charge < -0.3 is 28.6 Å². The van der Waals surface area contributed by atoms with E-state index in [1.165, 1.54) is 0 Å². The number of nitrogens with zero attached hydrogens (tertiary/aromatic N) is 1. The molecule has 2 fully saturated rings. The van der Waals surface area contributed by atoms with Gasteiger partial charge in [0, 0.05) is 6.61 Å². The highest BCUT2D eigenvalue weighted by Crippen LogP contribution is 2.26. The van der Waals surface area contributed by atoms with Gasteiger partial charge in [0.1, 0.15) is 17.8 Å². The van der Waals surface area contributed by atoms with Crippen LogP contribution in [0.25, 0.3) is 0 Å². The summed E-state index contributed by atoms with van der Waals surface area (Å²) in [5.74, 6) is -0.428. The summed E-state index contributed by atoms with van der Waals surface area (Å²) in [6.45, 7) is 12.1. The van der Waals surface area contributed by atoms with Crippen LogP contribution in [-0.2, 0) is 28.5 Å². The van der Waals surface area contributed by atoms with E-state index in [0.29, 0.717) is 19.6 Å². The summed E-state index contributed by atoms with van der Waals surface area (Å²) in [6, 6.07) is -0.235. The second kappa shape index (κ2) is 10.1. The SMILES string of the molecule is CC(C)(C)OC(=O)COC[C@@H]1C[C@@H](OC2CCCCO2)CN1C(=O)OC(C)(C)C. The number of amides is 1. The molecular formula is C21H37NO7. The molecule has 168 valence electrons. The minimum absolute atomic E-state index is 0.152. The van der Waals surface area contributed by atoms with Crippen LogP contribution in [0.3, 0.4) is 0 Å². The largest absolute Gasteiger partial charge is 0.458 e. The van der Waals surface area contributed by atoms with Gasteiger partial charge in [0.05, 0.1) is 25.3 Å². The highest BCUT2D eigenvalue weighted by Gasteiger charge is 2.39. The van der Waals surface area contributed by atoms with Crippen LogP contribution in [0.2, 0.25) is 0 Å². The Morgan fingerprint density at radius 3 is 2.31 bits per heavy atom. The van der Waals surface area contributed by atoms with Crippen LogP contribution in [0, 0.1) is 0 Å². The Hall–Kier alpha value is -1.38. The Morgan fingerprint density at radius 1 is 1.03 bits per heavy atom. The van der Waals surface area contributed by atoms with Crippen LogP contribution in [0.1, 0.15) is 67.2 Å². The second-order valence-corrected chi connectivity index (χ2v) is 9.68. The first kappa shape index (κ1) is 23.9. The normalized spacial score (nSPS) is 25.7. The molecule has 0 saturated carbocycles. The molecule has 0 N–H and O–H groups in total. The molecule has 2 heterocycles. The molecule has 0 aromatic heterocycles. The van der Waals surface area contributed by atoms with Crippen molar-refractivity contribution in [2.75, 3.05) is 26.4 Å². The van der Waals surface area contributed by atoms with Crippen LogP contribution >= 0.6 is 0 Å². The molecule has 0 radical (unpaired) electrons. The van der Waals surface area contributed by atoms with E-state index in [0.717, 1.165) is 19.3 Å². The van der Waals surface area contributed by atoms with Crippen molar-refractivity contribution in [3.63, 3.8) is 0 Å². The van der Waals surface area contributed by atoms with Crippen molar-refractivity contribution in [3.8, 4) is 0 Å². The van der Waals surface area contributed by atoms with Crippen molar-refractivity contribution < 1.29 is 33.3 Å². The van der Waals surface area contributed by atoms with Gasteiger partial charge in [-0.1, -0.05) is 0 Å². The van der Waals surface area contributed by atoms with Crippen molar-refractivity contribution in [3.05, 3.63) is 0 Å². The van der Waals surface area contributed by atoms with E-state index >= 15 is 0 Å². The number of ether oxygens (including phenoxy) is 5. The summed E-state index contributed by atoms with van der Waals surface area (Å²) in [5.41, 5.74) is -1.15. The fourth-order valence-electron chi connectivity index (χ4n) is 3.36. The lowest BCUT2D eigenvalue weighted by Gasteiger charge is -2.28. The molecule has 2 aliphatic rings. The molecule has 0 aromatic carbocycles. The van der Waals surface area contributed by atoms with E-state index in [1.807, 2.05) is 20.8 Å². The molecule has 0 aliphatic carbocycles. The Balaban J connectivity index is 1.91. The van der Waals surface area contributed by atoms with E-state index < -0.39 is 23.3 Å². The van der Waals surface area contributed by atoms with Gasteiger partial charge in [-0.15, -0.1) is 0 Å². The maximum Gasteiger partial charge on any atom is 0.410 e. The van der Waals surface area contributed by atoms with Crippen molar-refractivity contribution in [2.45, 2.75) is 96.9 Å². The highest BCUT2D eigenvalue weighted by atomic mass is 16.7. The third-order valence-electron chi connectivity index (χ3n) is 4.44. The summed E-state index contributed by atoms with van der Waals surface area (Å²) < 4.78 is 28.1. The van der Waals surface area contributed by atoms with Crippen LogP contribution in [-0.4, -0.2) is 73.0 Å². The zero-order valence-corrected chi connectivity index (χ0v) is 18.7. The number of hydrogen-bond acceptors (Lipinski definition) is 7. The van der Waals surface area contributed by atoms with Crippen molar-refractivity contribution >= 4 is 12.1 Å². The van der Waals surface area contributed by atoms with E-state index in [-0.39, 0.29) is 31.6 Å². The van der Waals surface area contributed by atoms with Gasteiger partial charge in [-0.2, -0.15) is 0 Å². The average molecular weight is 416 g/mol. The van der Waals surface area contributed by atoms with Crippen molar-refractivity contribution in [2.24, 2.45) is 0 Å². The molecule has 2 rings (SSSR count). The standard InChI is InChI=1S/C21H37NO7/c1-20(2,3)28-17(23)14-25-13-15-11-16(27-18-9-7-8-10-26-18)12-22(15)19(24)29-21(4,5)6/h15-16,18H,7-14H2,1-6H3/t15-,16+,18?/m0/s1. The zero-order chi connectivity index (χ0) is 21.7. The lowest BCUT2D eigenvalue weighted by atomic mass is 10.2. The van der Waals surface area contributed by atoms with Gasteiger partial charge in [-0.3, -0.25) is 0 Å². The number of carbonyl (C=O) groups excluding carboxylic acids is 2. The Morgan fingerprint density at radius 2 is 1.72 bits per heavy atom.